The Morgan fingerprint density at radius 2 is 2.26 bits per heavy atom. The summed E-state index contributed by atoms with van der Waals surface area (Å²) in [6.07, 6.45) is 3.23. The molecule has 1 saturated carbocycles. The first kappa shape index (κ1) is 12.4. The zero-order chi connectivity index (χ0) is 13.2. The van der Waals surface area contributed by atoms with Gasteiger partial charge in [-0.2, -0.15) is 4.98 Å². The molecule has 2 heterocycles. The van der Waals surface area contributed by atoms with Crippen molar-refractivity contribution in [1.29, 1.82) is 0 Å². The van der Waals surface area contributed by atoms with Crippen LogP contribution in [0.5, 0.6) is 5.88 Å². The Labute approximate surface area is 116 Å². The number of thiophene rings is 1. The minimum atomic E-state index is 0.488. The van der Waals surface area contributed by atoms with E-state index in [2.05, 4.69) is 27.5 Å². The zero-order valence-corrected chi connectivity index (χ0v) is 11.7. The minimum Gasteiger partial charge on any atom is -0.477 e. The molecule has 0 radical (unpaired) electrons. The van der Waals surface area contributed by atoms with Gasteiger partial charge in [0, 0.05) is 17.2 Å². The van der Waals surface area contributed by atoms with E-state index < -0.39 is 0 Å². The van der Waals surface area contributed by atoms with E-state index in [0.29, 0.717) is 24.2 Å². The van der Waals surface area contributed by atoms with E-state index in [4.69, 9.17) is 10.5 Å². The number of nitrogens with zero attached hydrogens (tertiary/aromatic N) is 2. The maximum Gasteiger partial charge on any atom is 0.221 e. The molecule has 0 spiro atoms. The molecule has 0 amide bonds. The van der Waals surface area contributed by atoms with E-state index in [1.165, 1.54) is 4.88 Å². The molecule has 1 aliphatic rings. The van der Waals surface area contributed by atoms with Gasteiger partial charge in [0.25, 0.3) is 0 Å². The lowest BCUT2D eigenvalue weighted by Crippen LogP contribution is -2.08. The fourth-order valence-electron chi connectivity index (χ4n) is 1.90. The van der Waals surface area contributed by atoms with Gasteiger partial charge < -0.3 is 10.5 Å². The Hall–Kier alpha value is -1.62. The quantitative estimate of drug-likeness (QED) is 0.911. The number of hydrogen-bond acceptors (Lipinski definition) is 5. The zero-order valence-electron chi connectivity index (χ0n) is 10.9. The van der Waals surface area contributed by atoms with Crippen LogP contribution in [0.4, 0.5) is 5.82 Å². The van der Waals surface area contributed by atoms with Crippen LogP contribution >= 0.6 is 11.3 Å². The van der Waals surface area contributed by atoms with Crippen LogP contribution < -0.4 is 10.5 Å². The molecule has 0 bridgehead atoms. The lowest BCUT2D eigenvalue weighted by molar-refractivity contribution is 0.306. The summed E-state index contributed by atoms with van der Waals surface area (Å²) in [5, 5.41) is 2.08. The molecule has 1 aliphatic carbocycles. The summed E-state index contributed by atoms with van der Waals surface area (Å²) < 4.78 is 5.79. The van der Waals surface area contributed by atoms with Crippen LogP contribution in [0.25, 0.3) is 0 Å². The summed E-state index contributed by atoms with van der Waals surface area (Å²) in [4.78, 5) is 10.2. The smallest absolute Gasteiger partial charge is 0.221 e. The van der Waals surface area contributed by atoms with Gasteiger partial charge in [-0.25, -0.2) is 4.98 Å². The van der Waals surface area contributed by atoms with Gasteiger partial charge >= 0.3 is 0 Å². The highest BCUT2D eigenvalue weighted by Crippen LogP contribution is 2.39. The summed E-state index contributed by atoms with van der Waals surface area (Å²) in [6.45, 7) is 2.54. The molecular weight excluding hydrogens is 258 g/mol. The SMILES string of the molecule is Cc1c(N)nc(C2CC2)nc1OCCc1cccs1. The van der Waals surface area contributed by atoms with Crippen molar-refractivity contribution in [3.8, 4) is 5.88 Å². The van der Waals surface area contributed by atoms with Crippen LogP contribution in [0, 0.1) is 6.92 Å². The number of nitrogens with two attached hydrogens (primary N) is 1. The Morgan fingerprint density at radius 1 is 1.42 bits per heavy atom. The normalized spacial score (nSPS) is 14.6. The fraction of sp³-hybridized carbons (Fsp3) is 0.429. The molecule has 0 aliphatic heterocycles. The second-order valence-corrected chi connectivity index (χ2v) is 5.88. The van der Waals surface area contributed by atoms with Crippen LogP contribution in [0.1, 0.15) is 35.0 Å². The predicted octanol–water partition coefficient (Wildman–Crippen LogP) is 2.93. The highest BCUT2D eigenvalue weighted by atomic mass is 32.1. The third-order valence-electron chi connectivity index (χ3n) is 3.27. The van der Waals surface area contributed by atoms with Crippen LogP contribution in [0.2, 0.25) is 0 Å². The third-order valence-corrected chi connectivity index (χ3v) is 4.20. The van der Waals surface area contributed by atoms with Gasteiger partial charge in [-0.3, -0.25) is 0 Å². The number of anilines is 1. The molecule has 0 aromatic carbocycles. The molecule has 0 atom stereocenters. The molecule has 5 heteroatoms. The maximum absolute atomic E-state index is 5.92. The van der Waals surface area contributed by atoms with Gasteiger partial charge in [0.05, 0.1) is 12.2 Å². The molecule has 0 unspecified atom stereocenters. The van der Waals surface area contributed by atoms with Crippen molar-refractivity contribution in [2.45, 2.75) is 32.1 Å². The second kappa shape index (κ2) is 5.17. The molecule has 2 aromatic heterocycles. The van der Waals surface area contributed by atoms with Gasteiger partial charge in [-0.1, -0.05) is 6.07 Å². The van der Waals surface area contributed by atoms with E-state index in [1.54, 1.807) is 11.3 Å². The molecule has 2 aromatic rings. The highest BCUT2D eigenvalue weighted by molar-refractivity contribution is 7.09. The van der Waals surface area contributed by atoms with Crippen LogP contribution in [-0.2, 0) is 6.42 Å². The summed E-state index contributed by atoms with van der Waals surface area (Å²) in [5.41, 5.74) is 6.77. The van der Waals surface area contributed by atoms with Crippen LogP contribution in [0.15, 0.2) is 17.5 Å². The first-order chi connectivity index (χ1) is 9.24. The average Bonchev–Trinajstić information content (AvgIpc) is 3.12. The molecular formula is C14H17N3OS. The number of hydrogen-bond donors (Lipinski definition) is 1. The third kappa shape index (κ3) is 2.87. The Balaban J connectivity index is 1.69. The van der Waals surface area contributed by atoms with E-state index >= 15 is 0 Å². The Kier molecular flexibility index (Phi) is 3.38. The first-order valence-corrected chi connectivity index (χ1v) is 7.41. The van der Waals surface area contributed by atoms with Gasteiger partial charge in [-0.15, -0.1) is 11.3 Å². The van der Waals surface area contributed by atoms with Gasteiger partial charge in [0.15, 0.2) is 0 Å². The van der Waals surface area contributed by atoms with Gasteiger partial charge in [0.1, 0.15) is 11.6 Å². The van der Waals surface area contributed by atoms with E-state index in [9.17, 15) is 0 Å². The molecule has 3 rings (SSSR count). The Morgan fingerprint density at radius 3 is 2.95 bits per heavy atom. The van der Waals surface area contributed by atoms with Crippen molar-refractivity contribution in [2.24, 2.45) is 0 Å². The number of ether oxygens (including phenoxy) is 1. The second-order valence-electron chi connectivity index (χ2n) is 4.85. The van der Waals surface area contributed by atoms with E-state index in [0.717, 1.165) is 30.7 Å². The van der Waals surface area contributed by atoms with Crippen molar-refractivity contribution in [2.75, 3.05) is 12.3 Å². The maximum atomic E-state index is 5.92. The Bertz CT molecular complexity index is 564. The minimum absolute atomic E-state index is 0.488. The van der Waals surface area contributed by atoms with E-state index in [1.807, 2.05) is 6.92 Å². The monoisotopic (exact) mass is 275 g/mol. The van der Waals surface area contributed by atoms with E-state index in [-0.39, 0.29) is 0 Å². The van der Waals surface area contributed by atoms with Crippen molar-refractivity contribution < 1.29 is 4.74 Å². The average molecular weight is 275 g/mol. The van der Waals surface area contributed by atoms with Crippen molar-refractivity contribution >= 4 is 17.2 Å². The number of nitrogen functional groups attached to an aromatic ring is 1. The standard InChI is InChI=1S/C14H17N3OS/c1-9-12(15)16-13(10-4-5-10)17-14(9)18-7-6-11-3-2-8-19-11/h2-3,8,10H,4-7H2,1H3,(H2,15,16,17). The number of rotatable bonds is 5. The summed E-state index contributed by atoms with van der Waals surface area (Å²) >= 11 is 1.75. The summed E-state index contributed by atoms with van der Waals surface area (Å²) in [5.74, 6) is 2.52. The highest BCUT2D eigenvalue weighted by Gasteiger charge is 2.28. The fourth-order valence-corrected chi connectivity index (χ4v) is 2.59. The molecule has 100 valence electrons. The van der Waals surface area contributed by atoms with Crippen molar-refractivity contribution in [3.05, 3.63) is 33.8 Å². The summed E-state index contributed by atoms with van der Waals surface area (Å²) in [7, 11) is 0. The lowest BCUT2D eigenvalue weighted by Gasteiger charge is -2.10. The molecule has 2 N–H and O–H groups in total. The lowest BCUT2D eigenvalue weighted by atomic mass is 10.3. The van der Waals surface area contributed by atoms with Crippen LogP contribution in [0.3, 0.4) is 0 Å². The topological polar surface area (TPSA) is 61.0 Å². The van der Waals surface area contributed by atoms with Gasteiger partial charge in [0.2, 0.25) is 5.88 Å². The predicted molar refractivity (Wildman–Crippen MR) is 76.7 cm³/mol. The molecule has 1 fully saturated rings. The molecule has 19 heavy (non-hydrogen) atoms. The largest absolute Gasteiger partial charge is 0.477 e. The molecule has 4 nitrogen and oxygen atoms in total. The van der Waals surface area contributed by atoms with Crippen molar-refractivity contribution in [3.63, 3.8) is 0 Å². The summed E-state index contributed by atoms with van der Waals surface area (Å²) in [6, 6.07) is 4.17. The van der Waals surface area contributed by atoms with Crippen molar-refractivity contribution in [1.82, 2.24) is 9.97 Å². The molecule has 0 saturated heterocycles. The van der Waals surface area contributed by atoms with Crippen LogP contribution in [-0.4, -0.2) is 16.6 Å². The van der Waals surface area contributed by atoms with Gasteiger partial charge in [-0.05, 0) is 31.2 Å². The number of aromatic nitrogens is 2. The first-order valence-electron chi connectivity index (χ1n) is 6.53.